The molecular formula is C32H36N6O4. The highest BCUT2D eigenvalue weighted by Gasteiger charge is 2.35. The van der Waals surface area contributed by atoms with Gasteiger partial charge in [0, 0.05) is 24.2 Å². The van der Waals surface area contributed by atoms with Crippen LogP contribution in [0.5, 0.6) is 0 Å². The molecule has 6 rings (SSSR count). The van der Waals surface area contributed by atoms with Crippen molar-refractivity contribution in [1.29, 1.82) is 0 Å². The monoisotopic (exact) mass is 568 g/mol. The average Bonchev–Trinajstić information content (AvgIpc) is 3.78. The third kappa shape index (κ3) is 5.61. The predicted molar refractivity (Wildman–Crippen MR) is 159 cm³/mol. The summed E-state index contributed by atoms with van der Waals surface area (Å²) >= 11 is 0. The number of imidazole rings is 2. The van der Waals surface area contributed by atoms with Crippen molar-refractivity contribution < 1.29 is 19.4 Å². The van der Waals surface area contributed by atoms with Gasteiger partial charge in [-0.2, -0.15) is 0 Å². The number of hydrogen-bond acceptors (Lipinski definition) is 5. The Kier molecular flexibility index (Phi) is 7.22. The lowest BCUT2D eigenvalue weighted by atomic mass is 9.99. The van der Waals surface area contributed by atoms with Gasteiger partial charge in [-0.1, -0.05) is 36.4 Å². The molecule has 0 aliphatic carbocycles. The SMILES string of the molecule is CC(C)(C)OC(=O)N1CCC[C@H]1c1ncc(-c2cccc(-c3cccc(-c4cnc([C@@H]5CCCN5C(=O)O)[nH]4)c3)c2)[nH]1. The molecule has 2 amide bonds. The second-order valence-electron chi connectivity index (χ2n) is 12.0. The van der Waals surface area contributed by atoms with Crippen LogP contribution in [0.3, 0.4) is 0 Å². The lowest BCUT2D eigenvalue weighted by Gasteiger charge is -2.27. The van der Waals surface area contributed by atoms with E-state index in [4.69, 9.17) is 4.74 Å². The van der Waals surface area contributed by atoms with E-state index >= 15 is 0 Å². The van der Waals surface area contributed by atoms with Crippen molar-refractivity contribution in [2.45, 2.75) is 64.1 Å². The molecule has 3 N–H and O–H groups in total. The fourth-order valence-corrected chi connectivity index (χ4v) is 5.91. The van der Waals surface area contributed by atoms with Gasteiger partial charge in [0.25, 0.3) is 0 Å². The first-order valence-corrected chi connectivity index (χ1v) is 14.5. The zero-order chi connectivity index (χ0) is 29.4. The second-order valence-corrected chi connectivity index (χ2v) is 12.0. The van der Waals surface area contributed by atoms with Gasteiger partial charge in [-0.25, -0.2) is 19.6 Å². The summed E-state index contributed by atoms with van der Waals surface area (Å²) in [5.74, 6) is 1.44. The van der Waals surface area contributed by atoms with E-state index in [0.717, 1.165) is 65.1 Å². The highest BCUT2D eigenvalue weighted by molar-refractivity contribution is 5.75. The molecule has 2 saturated heterocycles. The fourth-order valence-electron chi connectivity index (χ4n) is 5.91. The maximum atomic E-state index is 12.8. The zero-order valence-corrected chi connectivity index (χ0v) is 24.1. The number of ether oxygens (including phenoxy) is 1. The minimum atomic E-state index is -0.912. The molecule has 2 fully saturated rings. The van der Waals surface area contributed by atoms with Crippen LogP contribution in [0, 0.1) is 0 Å². The Morgan fingerprint density at radius 3 is 1.79 bits per heavy atom. The van der Waals surface area contributed by atoms with Gasteiger partial charge in [0.05, 0.1) is 35.9 Å². The Balaban J connectivity index is 1.21. The van der Waals surface area contributed by atoms with Crippen molar-refractivity contribution in [2.24, 2.45) is 0 Å². The number of H-pyrrole nitrogens is 2. The molecule has 0 spiro atoms. The molecule has 2 aromatic carbocycles. The van der Waals surface area contributed by atoms with Crippen LogP contribution in [-0.4, -0.2) is 65.7 Å². The molecule has 2 aliphatic heterocycles. The Morgan fingerprint density at radius 2 is 1.29 bits per heavy atom. The topological polar surface area (TPSA) is 127 Å². The Hall–Kier alpha value is -4.60. The molecule has 0 saturated carbocycles. The van der Waals surface area contributed by atoms with Gasteiger partial charge in [-0.15, -0.1) is 0 Å². The number of aromatic nitrogens is 4. The lowest BCUT2D eigenvalue weighted by Crippen LogP contribution is -2.36. The summed E-state index contributed by atoms with van der Waals surface area (Å²) in [7, 11) is 0. The Bertz CT molecular complexity index is 1600. The average molecular weight is 569 g/mol. The third-order valence-corrected chi connectivity index (χ3v) is 7.88. The fraction of sp³-hybridized carbons (Fsp3) is 0.375. The molecule has 10 heteroatoms. The van der Waals surface area contributed by atoms with Gasteiger partial charge in [0.15, 0.2) is 0 Å². The molecule has 2 atom stereocenters. The molecule has 2 aliphatic rings. The molecular weight excluding hydrogens is 532 g/mol. The molecule has 4 heterocycles. The van der Waals surface area contributed by atoms with Gasteiger partial charge in [0.2, 0.25) is 0 Å². The number of nitrogens with zero attached hydrogens (tertiary/aromatic N) is 4. The first-order valence-electron chi connectivity index (χ1n) is 14.5. The van der Waals surface area contributed by atoms with Crippen LogP contribution >= 0.6 is 0 Å². The zero-order valence-electron chi connectivity index (χ0n) is 24.1. The number of nitrogens with one attached hydrogen (secondary N) is 2. The molecule has 4 aromatic rings. The summed E-state index contributed by atoms with van der Waals surface area (Å²) in [6, 6.07) is 16.1. The number of carbonyl (C=O) groups is 2. The Morgan fingerprint density at radius 1 is 0.810 bits per heavy atom. The number of carbonyl (C=O) groups excluding carboxylic acids is 1. The second kappa shape index (κ2) is 11.0. The van der Waals surface area contributed by atoms with Crippen molar-refractivity contribution in [3.63, 3.8) is 0 Å². The van der Waals surface area contributed by atoms with Crippen molar-refractivity contribution in [3.8, 4) is 33.6 Å². The van der Waals surface area contributed by atoms with Crippen molar-refractivity contribution in [2.75, 3.05) is 13.1 Å². The number of amides is 2. The number of aromatic amines is 2. The molecule has 2 aromatic heterocycles. The molecule has 0 bridgehead atoms. The third-order valence-electron chi connectivity index (χ3n) is 7.88. The minimum Gasteiger partial charge on any atom is -0.465 e. The van der Waals surface area contributed by atoms with Crippen LogP contribution in [0.1, 0.15) is 70.2 Å². The standard InChI is InChI=1S/C32H36N6O4/c1-32(2,3)42-31(41)38-15-7-13-27(38)29-34-19-25(36-29)23-11-5-9-21(17-23)20-8-4-10-22(16-20)24-18-33-28(35-24)26-12-6-14-37(26)30(39)40/h4-5,8-11,16-19,26-27H,6-7,12-15H2,1-3H3,(H,33,35)(H,34,36)(H,39,40)/t26-,27-/m0/s1. The first-order chi connectivity index (χ1) is 20.2. The van der Waals surface area contributed by atoms with Crippen LogP contribution in [0.15, 0.2) is 60.9 Å². The van der Waals surface area contributed by atoms with Gasteiger partial charge < -0.3 is 19.8 Å². The summed E-state index contributed by atoms with van der Waals surface area (Å²) in [5.41, 5.74) is 5.26. The normalized spacial score (nSPS) is 18.9. The molecule has 42 heavy (non-hydrogen) atoms. The van der Waals surface area contributed by atoms with E-state index in [9.17, 15) is 14.7 Å². The quantitative estimate of drug-likeness (QED) is 0.237. The van der Waals surface area contributed by atoms with Crippen LogP contribution in [0.4, 0.5) is 9.59 Å². The maximum absolute atomic E-state index is 12.8. The van der Waals surface area contributed by atoms with Crippen molar-refractivity contribution in [1.82, 2.24) is 29.7 Å². The van der Waals surface area contributed by atoms with Crippen LogP contribution in [0.2, 0.25) is 0 Å². The summed E-state index contributed by atoms with van der Waals surface area (Å²) in [4.78, 5) is 43.6. The number of hydrogen-bond donors (Lipinski definition) is 3. The van der Waals surface area contributed by atoms with E-state index in [1.165, 1.54) is 4.90 Å². The van der Waals surface area contributed by atoms with E-state index in [1.54, 1.807) is 11.1 Å². The molecule has 0 radical (unpaired) electrons. The van der Waals surface area contributed by atoms with Crippen molar-refractivity contribution in [3.05, 3.63) is 72.6 Å². The van der Waals surface area contributed by atoms with Gasteiger partial charge in [-0.05, 0) is 69.7 Å². The van der Waals surface area contributed by atoms with Crippen LogP contribution in [-0.2, 0) is 4.74 Å². The Labute approximate surface area is 244 Å². The van der Waals surface area contributed by atoms with E-state index in [1.807, 2.05) is 51.2 Å². The number of benzene rings is 2. The van der Waals surface area contributed by atoms with E-state index in [2.05, 4.69) is 44.2 Å². The summed E-state index contributed by atoms with van der Waals surface area (Å²) in [6.45, 7) is 6.81. The number of carboxylic acid groups (broad SMARTS) is 1. The highest BCUT2D eigenvalue weighted by Crippen LogP contribution is 2.35. The first kappa shape index (κ1) is 27.6. The van der Waals surface area contributed by atoms with Crippen molar-refractivity contribution >= 4 is 12.2 Å². The minimum absolute atomic E-state index is 0.139. The van der Waals surface area contributed by atoms with Crippen LogP contribution < -0.4 is 0 Å². The number of likely N-dealkylation sites (tertiary alicyclic amines) is 2. The largest absolute Gasteiger partial charge is 0.465 e. The van der Waals surface area contributed by atoms with E-state index in [-0.39, 0.29) is 18.2 Å². The van der Waals surface area contributed by atoms with Gasteiger partial charge in [-0.3, -0.25) is 9.80 Å². The number of rotatable bonds is 5. The van der Waals surface area contributed by atoms with Crippen LogP contribution in [0.25, 0.3) is 33.6 Å². The summed E-state index contributed by atoms with van der Waals surface area (Å²) in [6.07, 6.45) is 5.72. The summed E-state index contributed by atoms with van der Waals surface area (Å²) < 4.78 is 5.63. The summed E-state index contributed by atoms with van der Waals surface area (Å²) in [5, 5.41) is 9.52. The molecule has 0 unspecified atom stereocenters. The van der Waals surface area contributed by atoms with Gasteiger partial charge in [0.1, 0.15) is 17.2 Å². The smallest absolute Gasteiger partial charge is 0.410 e. The maximum Gasteiger partial charge on any atom is 0.410 e. The molecule has 10 nitrogen and oxygen atoms in total. The lowest BCUT2D eigenvalue weighted by molar-refractivity contribution is 0.0218. The highest BCUT2D eigenvalue weighted by atomic mass is 16.6. The predicted octanol–water partition coefficient (Wildman–Crippen LogP) is 7.02. The van der Waals surface area contributed by atoms with Gasteiger partial charge >= 0.3 is 12.2 Å². The van der Waals surface area contributed by atoms with E-state index in [0.29, 0.717) is 18.9 Å². The van der Waals surface area contributed by atoms with E-state index < -0.39 is 11.7 Å². The molecule has 218 valence electrons.